The Labute approximate surface area is 125 Å². The number of hydrogen-bond acceptors (Lipinski definition) is 1. The van der Waals surface area contributed by atoms with E-state index in [2.05, 4.69) is 56.6 Å². The zero-order valence-electron chi connectivity index (χ0n) is 14.2. The van der Waals surface area contributed by atoms with Gasteiger partial charge in [0.15, 0.2) is 5.96 Å². The van der Waals surface area contributed by atoms with Crippen molar-refractivity contribution in [1.29, 1.82) is 0 Å². The molecule has 1 heterocycles. The van der Waals surface area contributed by atoms with Crippen LogP contribution in [0.3, 0.4) is 0 Å². The van der Waals surface area contributed by atoms with E-state index in [1.807, 2.05) is 0 Å². The van der Waals surface area contributed by atoms with Crippen molar-refractivity contribution in [3.05, 3.63) is 12.2 Å². The van der Waals surface area contributed by atoms with Crippen LogP contribution < -0.4 is 0 Å². The van der Waals surface area contributed by atoms with Gasteiger partial charge in [-0.2, -0.15) is 0 Å². The van der Waals surface area contributed by atoms with Gasteiger partial charge < -0.3 is 9.80 Å². The van der Waals surface area contributed by atoms with E-state index in [9.17, 15) is 0 Å². The maximum atomic E-state index is 4.96. The largest absolute Gasteiger partial charge is 0.341 e. The summed E-state index contributed by atoms with van der Waals surface area (Å²) in [5.41, 5.74) is -0.00456. The molecule has 1 saturated heterocycles. The molecule has 0 unspecified atom stereocenters. The van der Waals surface area contributed by atoms with Crippen molar-refractivity contribution >= 4 is 5.96 Å². The fourth-order valence-electron chi connectivity index (χ4n) is 2.39. The van der Waals surface area contributed by atoms with Crippen molar-refractivity contribution in [2.45, 2.75) is 65.8 Å². The molecule has 0 aromatic heterocycles. The van der Waals surface area contributed by atoms with E-state index in [0.29, 0.717) is 0 Å². The lowest BCUT2D eigenvalue weighted by Gasteiger charge is -2.26. The monoisotopic (exact) mass is 279 g/mol. The molecule has 116 valence electrons. The van der Waals surface area contributed by atoms with Crippen molar-refractivity contribution in [3.8, 4) is 0 Å². The first kappa shape index (κ1) is 17.1. The molecule has 1 fully saturated rings. The summed E-state index contributed by atoms with van der Waals surface area (Å²) in [4.78, 5) is 9.86. The first-order chi connectivity index (χ1) is 9.48. The van der Waals surface area contributed by atoms with Crippen molar-refractivity contribution < 1.29 is 0 Å². The normalized spacial score (nSPS) is 18.8. The summed E-state index contributed by atoms with van der Waals surface area (Å²) in [6, 6.07) is 0. The number of rotatable bonds is 7. The fraction of sp³-hybridized carbons (Fsp3) is 0.824. The predicted octanol–water partition coefficient (Wildman–Crippen LogP) is 3.91. The molecule has 0 atom stereocenters. The van der Waals surface area contributed by atoms with Crippen LogP contribution in [0.2, 0.25) is 0 Å². The van der Waals surface area contributed by atoms with E-state index >= 15 is 0 Å². The second-order valence-electron chi connectivity index (χ2n) is 6.60. The van der Waals surface area contributed by atoms with E-state index < -0.39 is 0 Å². The molecule has 0 radical (unpaired) electrons. The molecule has 3 nitrogen and oxygen atoms in total. The summed E-state index contributed by atoms with van der Waals surface area (Å²) in [5, 5.41) is 0. The Balaban J connectivity index is 2.71. The molecule has 0 aromatic carbocycles. The van der Waals surface area contributed by atoms with Crippen molar-refractivity contribution in [1.82, 2.24) is 9.80 Å². The summed E-state index contributed by atoms with van der Waals surface area (Å²) in [5.74, 6) is 1.20. The molecule has 0 saturated carbocycles. The second kappa shape index (κ2) is 8.33. The molecule has 1 rings (SSSR count). The quantitative estimate of drug-likeness (QED) is 0.519. The first-order valence-electron chi connectivity index (χ1n) is 8.22. The van der Waals surface area contributed by atoms with Crippen LogP contribution in [0.25, 0.3) is 0 Å². The summed E-state index contributed by atoms with van der Waals surface area (Å²) >= 11 is 0. The van der Waals surface area contributed by atoms with Crippen molar-refractivity contribution in [3.63, 3.8) is 0 Å². The van der Waals surface area contributed by atoms with Gasteiger partial charge in [-0.3, -0.25) is 0 Å². The highest BCUT2D eigenvalue weighted by Crippen LogP contribution is 2.16. The maximum absolute atomic E-state index is 4.96. The Kier molecular flexibility index (Phi) is 7.11. The zero-order chi connectivity index (χ0) is 15.0. The number of aliphatic imine (C=N–C) groups is 1. The summed E-state index contributed by atoms with van der Waals surface area (Å²) in [6.45, 7) is 15.4. The number of unbranched alkanes of at least 4 members (excludes halogenated alkanes) is 2. The molecule has 20 heavy (non-hydrogen) atoms. The maximum Gasteiger partial charge on any atom is 0.197 e. The minimum Gasteiger partial charge on any atom is -0.341 e. The van der Waals surface area contributed by atoms with Crippen LogP contribution in [0.5, 0.6) is 0 Å². The van der Waals surface area contributed by atoms with Crippen LogP contribution in [0.1, 0.15) is 60.3 Å². The van der Waals surface area contributed by atoms with Gasteiger partial charge in [0, 0.05) is 26.2 Å². The highest BCUT2D eigenvalue weighted by molar-refractivity contribution is 5.82. The van der Waals surface area contributed by atoms with Crippen LogP contribution >= 0.6 is 0 Å². The van der Waals surface area contributed by atoms with Crippen LogP contribution in [-0.4, -0.2) is 47.5 Å². The molecule has 0 spiro atoms. The van der Waals surface area contributed by atoms with E-state index in [1.165, 1.54) is 25.2 Å². The summed E-state index contributed by atoms with van der Waals surface area (Å²) in [7, 11) is 0. The first-order valence-corrected chi connectivity index (χ1v) is 8.22. The van der Waals surface area contributed by atoms with Gasteiger partial charge in [0.1, 0.15) is 0 Å². The molecule has 0 aliphatic carbocycles. The van der Waals surface area contributed by atoms with Gasteiger partial charge in [0.2, 0.25) is 0 Å². The number of allylic oxidation sites excluding steroid dienone is 1. The minimum atomic E-state index is -0.00456. The van der Waals surface area contributed by atoms with E-state index in [-0.39, 0.29) is 5.54 Å². The predicted molar refractivity (Wildman–Crippen MR) is 89.3 cm³/mol. The topological polar surface area (TPSA) is 18.8 Å². The number of hydrogen-bond donors (Lipinski definition) is 0. The number of nitrogens with zero attached hydrogens (tertiary/aromatic N) is 3. The lowest BCUT2D eigenvalue weighted by molar-refractivity contribution is 0.430. The Morgan fingerprint density at radius 2 is 1.75 bits per heavy atom. The highest BCUT2D eigenvalue weighted by Gasteiger charge is 2.26. The molecule has 1 aliphatic heterocycles. The van der Waals surface area contributed by atoms with Crippen LogP contribution in [0.4, 0.5) is 0 Å². The standard InChI is InChI=1S/C17H33N3/c1-6-8-10-12-19-14-15-20(13-11-9-7-2)16(19)18-17(3,4)5/h8,10H,6-7,9,11-15H2,1-5H3/b10-8+,18-16?. The third kappa shape index (κ3) is 5.98. The van der Waals surface area contributed by atoms with E-state index in [1.54, 1.807) is 0 Å². The highest BCUT2D eigenvalue weighted by atomic mass is 15.4. The Hall–Kier alpha value is -0.990. The minimum absolute atomic E-state index is 0.00456. The van der Waals surface area contributed by atoms with Gasteiger partial charge in [0.05, 0.1) is 5.54 Å². The van der Waals surface area contributed by atoms with Gasteiger partial charge in [-0.1, -0.05) is 38.8 Å². The zero-order valence-corrected chi connectivity index (χ0v) is 14.2. The van der Waals surface area contributed by atoms with Crippen molar-refractivity contribution in [2.24, 2.45) is 4.99 Å². The third-order valence-corrected chi connectivity index (χ3v) is 3.40. The second-order valence-corrected chi connectivity index (χ2v) is 6.60. The lowest BCUT2D eigenvalue weighted by Crippen LogP contribution is -2.36. The fourth-order valence-corrected chi connectivity index (χ4v) is 2.39. The Morgan fingerprint density at radius 3 is 2.35 bits per heavy atom. The van der Waals surface area contributed by atoms with Gasteiger partial charge in [-0.25, -0.2) is 4.99 Å². The Morgan fingerprint density at radius 1 is 1.05 bits per heavy atom. The van der Waals surface area contributed by atoms with Crippen molar-refractivity contribution in [2.75, 3.05) is 26.2 Å². The molecule has 1 aliphatic rings. The molecular weight excluding hydrogens is 246 g/mol. The number of guanidine groups is 1. The smallest absolute Gasteiger partial charge is 0.197 e. The average molecular weight is 279 g/mol. The van der Waals surface area contributed by atoms with Crippen LogP contribution in [0, 0.1) is 0 Å². The molecule has 3 heteroatoms. The molecule has 0 aromatic rings. The van der Waals surface area contributed by atoms with Gasteiger partial charge in [-0.05, 0) is 33.6 Å². The third-order valence-electron chi connectivity index (χ3n) is 3.40. The Bertz CT molecular complexity index is 326. The SMILES string of the molecule is CC/C=C/CN1CCN(CCCCC)C1=NC(C)(C)C. The lowest BCUT2D eigenvalue weighted by atomic mass is 10.1. The summed E-state index contributed by atoms with van der Waals surface area (Å²) < 4.78 is 0. The molecule has 0 N–H and O–H groups in total. The van der Waals surface area contributed by atoms with Crippen LogP contribution in [0.15, 0.2) is 17.1 Å². The van der Waals surface area contributed by atoms with E-state index in [0.717, 1.165) is 32.6 Å². The van der Waals surface area contributed by atoms with Gasteiger partial charge in [-0.15, -0.1) is 0 Å². The average Bonchev–Trinajstić information content (AvgIpc) is 2.71. The molecule has 0 amide bonds. The molecule has 0 bridgehead atoms. The van der Waals surface area contributed by atoms with E-state index in [4.69, 9.17) is 4.99 Å². The van der Waals surface area contributed by atoms with Gasteiger partial charge in [0.25, 0.3) is 0 Å². The summed E-state index contributed by atoms with van der Waals surface area (Å²) in [6.07, 6.45) is 9.50. The van der Waals surface area contributed by atoms with Crippen LogP contribution in [-0.2, 0) is 0 Å². The van der Waals surface area contributed by atoms with Gasteiger partial charge >= 0.3 is 0 Å². The molecular formula is C17H33N3.